The summed E-state index contributed by atoms with van der Waals surface area (Å²) in [7, 11) is 0. The van der Waals surface area contributed by atoms with Crippen molar-refractivity contribution in [1.82, 2.24) is 19.9 Å². The highest BCUT2D eigenvalue weighted by atomic mass is 79.9. The first-order valence-corrected chi connectivity index (χ1v) is 7.46. The van der Waals surface area contributed by atoms with Crippen molar-refractivity contribution in [2.75, 3.05) is 0 Å². The topological polar surface area (TPSA) is 73.9 Å². The standard InChI is InChI=1S/C14H10BrClN4O2/c1-7-12(21-8(2)19-7)10-6-18-14(16)20-13(10)22-11-5-9(15)3-4-17-11/h3-6H,1-2H3. The molecule has 0 fully saturated rings. The SMILES string of the molecule is Cc1nc(C)c(-c2cnc(Cl)nc2Oc2cc(Br)ccn2)o1. The summed E-state index contributed by atoms with van der Waals surface area (Å²) in [5.74, 6) is 1.72. The molecule has 3 heterocycles. The van der Waals surface area contributed by atoms with E-state index in [4.69, 9.17) is 20.8 Å². The molecule has 0 radical (unpaired) electrons. The van der Waals surface area contributed by atoms with E-state index in [9.17, 15) is 0 Å². The molecular weight excluding hydrogens is 372 g/mol. The van der Waals surface area contributed by atoms with Gasteiger partial charge in [-0.05, 0) is 24.6 Å². The van der Waals surface area contributed by atoms with Crippen LogP contribution in [0.2, 0.25) is 5.28 Å². The molecule has 0 spiro atoms. The van der Waals surface area contributed by atoms with Gasteiger partial charge >= 0.3 is 0 Å². The van der Waals surface area contributed by atoms with E-state index >= 15 is 0 Å². The number of rotatable bonds is 3. The van der Waals surface area contributed by atoms with Crippen molar-refractivity contribution in [3.05, 3.63) is 45.9 Å². The van der Waals surface area contributed by atoms with Crippen LogP contribution in [0, 0.1) is 13.8 Å². The first kappa shape index (κ1) is 14.9. The molecule has 0 amide bonds. The van der Waals surface area contributed by atoms with Crippen molar-refractivity contribution in [2.45, 2.75) is 13.8 Å². The van der Waals surface area contributed by atoms with Crippen molar-refractivity contribution in [3.8, 4) is 23.1 Å². The zero-order chi connectivity index (χ0) is 15.7. The Bertz CT molecular complexity index is 837. The molecule has 0 aliphatic rings. The molecular formula is C14H10BrClN4O2. The Morgan fingerprint density at radius 1 is 1.23 bits per heavy atom. The minimum atomic E-state index is 0.0719. The van der Waals surface area contributed by atoms with Crippen LogP contribution in [-0.4, -0.2) is 19.9 Å². The van der Waals surface area contributed by atoms with Crippen molar-refractivity contribution in [1.29, 1.82) is 0 Å². The van der Waals surface area contributed by atoms with Gasteiger partial charge in [0.05, 0.1) is 5.69 Å². The summed E-state index contributed by atoms with van der Waals surface area (Å²) < 4.78 is 12.2. The lowest BCUT2D eigenvalue weighted by Crippen LogP contribution is -1.96. The molecule has 3 rings (SSSR count). The molecule has 0 bridgehead atoms. The highest BCUT2D eigenvalue weighted by Crippen LogP contribution is 2.34. The second-order valence-corrected chi connectivity index (χ2v) is 5.67. The zero-order valence-electron chi connectivity index (χ0n) is 11.7. The van der Waals surface area contributed by atoms with Crippen molar-refractivity contribution in [3.63, 3.8) is 0 Å². The van der Waals surface area contributed by atoms with Crippen LogP contribution >= 0.6 is 27.5 Å². The third kappa shape index (κ3) is 3.10. The summed E-state index contributed by atoms with van der Waals surface area (Å²) in [6, 6.07) is 3.52. The fraction of sp³-hybridized carbons (Fsp3) is 0.143. The molecule has 0 aromatic carbocycles. The monoisotopic (exact) mass is 380 g/mol. The maximum Gasteiger partial charge on any atom is 0.236 e. The minimum absolute atomic E-state index is 0.0719. The van der Waals surface area contributed by atoms with Crippen LogP contribution < -0.4 is 4.74 Å². The van der Waals surface area contributed by atoms with Gasteiger partial charge in [0.15, 0.2) is 11.7 Å². The fourth-order valence-electron chi connectivity index (χ4n) is 1.90. The minimum Gasteiger partial charge on any atom is -0.440 e. The molecule has 6 nitrogen and oxygen atoms in total. The molecule has 0 saturated carbocycles. The van der Waals surface area contributed by atoms with E-state index in [1.54, 1.807) is 25.3 Å². The van der Waals surface area contributed by atoms with E-state index in [1.807, 2.05) is 6.92 Å². The van der Waals surface area contributed by atoms with E-state index in [0.717, 1.165) is 10.2 Å². The Hall–Kier alpha value is -1.99. The Morgan fingerprint density at radius 2 is 2.05 bits per heavy atom. The van der Waals surface area contributed by atoms with Crippen LogP contribution in [0.25, 0.3) is 11.3 Å². The van der Waals surface area contributed by atoms with Gasteiger partial charge < -0.3 is 9.15 Å². The molecule has 0 unspecified atom stereocenters. The number of aromatic nitrogens is 4. The molecule has 0 atom stereocenters. The molecule has 0 aliphatic carbocycles. The van der Waals surface area contributed by atoms with E-state index in [2.05, 4.69) is 35.9 Å². The Morgan fingerprint density at radius 3 is 2.73 bits per heavy atom. The first-order chi connectivity index (χ1) is 10.5. The highest BCUT2D eigenvalue weighted by Gasteiger charge is 2.18. The lowest BCUT2D eigenvalue weighted by Gasteiger charge is -2.08. The van der Waals surface area contributed by atoms with Crippen LogP contribution in [0.3, 0.4) is 0 Å². The predicted octanol–water partition coefficient (Wildman–Crippen LogP) is 4.35. The summed E-state index contributed by atoms with van der Waals surface area (Å²) >= 11 is 9.23. The zero-order valence-corrected chi connectivity index (χ0v) is 14.0. The molecule has 3 aromatic heterocycles. The summed E-state index contributed by atoms with van der Waals surface area (Å²) in [5, 5.41) is 0.0719. The van der Waals surface area contributed by atoms with Gasteiger partial charge in [-0.1, -0.05) is 15.9 Å². The van der Waals surface area contributed by atoms with Gasteiger partial charge in [-0.3, -0.25) is 0 Å². The second-order valence-electron chi connectivity index (χ2n) is 4.42. The molecule has 0 N–H and O–H groups in total. The largest absolute Gasteiger partial charge is 0.440 e. The number of oxazole rings is 1. The number of hydrogen-bond acceptors (Lipinski definition) is 6. The Kier molecular flexibility index (Phi) is 4.08. The van der Waals surface area contributed by atoms with E-state index in [1.165, 1.54) is 6.20 Å². The molecule has 22 heavy (non-hydrogen) atoms. The maximum atomic E-state index is 5.87. The second kappa shape index (κ2) is 6.02. The molecule has 8 heteroatoms. The van der Waals surface area contributed by atoms with Gasteiger partial charge in [-0.15, -0.1) is 0 Å². The van der Waals surface area contributed by atoms with Gasteiger partial charge in [0.1, 0.15) is 5.56 Å². The van der Waals surface area contributed by atoms with Gasteiger partial charge in [-0.25, -0.2) is 15.0 Å². The number of pyridine rings is 1. The van der Waals surface area contributed by atoms with Gasteiger partial charge in [0, 0.05) is 29.9 Å². The molecule has 112 valence electrons. The van der Waals surface area contributed by atoms with Gasteiger partial charge in [0.2, 0.25) is 17.0 Å². The molecule has 0 aliphatic heterocycles. The number of halogens is 2. The average Bonchev–Trinajstić information content (AvgIpc) is 2.78. The number of hydrogen-bond donors (Lipinski definition) is 0. The van der Waals surface area contributed by atoms with Crippen molar-refractivity contribution >= 4 is 27.5 Å². The van der Waals surface area contributed by atoms with E-state index in [-0.39, 0.29) is 11.2 Å². The summed E-state index contributed by atoms with van der Waals surface area (Å²) in [6.45, 7) is 3.60. The third-order valence-corrected chi connectivity index (χ3v) is 3.45. The van der Waals surface area contributed by atoms with Crippen LogP contribution in [0.4, 0.5) is 0 Å². The van der Waals surface area contributed by atoms with Crippen LogP contribution in [0.1, 0.15) is 11.6 Å². The summed E-state index contributed by atoms with van der Waals surface area (Å²) in [6.07, 6.45) is 3.15. The number of ether oxygens (including phenoxy) is 1. The molecule has 0 saturated heterocycles. The van der Waals surface area contributed by atoms with Gasteiger partial charge in [-0.2, -0.15) is 4.98 Å². The van der Waals surface area contributed by atoms with Crippen LogP contribution in [0.5, 0.6) is 11.8 Å². The lowest BCUT2D eigenvalue weighted by molar-refractivity contribution is 0.441. The molecule has 3 aromatic rings. The van der Waals surface area contributed by atoms with Gasteiger partial charge in [0.25, 0.3) is 0 Å². The Labute approximate surface area is 139 Å². The number of nitrogens with zero attached hydrogens (tertiary/aromatic N) is 4. The summed E-state index contributed by atoms with van der Waals surface area (Å²) in [4.78, 5) is 16.5. The van der Waals surface area contributed by atoms with Crippen molar-refractivity contribution in [2.24, 2.45) is 0 Å². The highest BCUT2D eigenvalue weighted by molar-refractivity contribution is 9.10. The fourth-order valence-corrected chi connectivity index (χ4v) is 2.34. The lowest BCUT2D eigenvalue weighted by atomic mass is 10.2. The van der Waals surface area contributed by atoms with E-state index < -0.39 is 0 Å². The number of aryl methyl sites for hydroxylation is 2. The van der Waals surface area contributed by atoms with Crippen LogP contribution in [-0.2, 0) is 0 Å². The van der Waals surface area contributed by atoms with E-state index in [0.29, 0.717) is 23.1 Å². The first-order valence-electron chi connectivity index (χ1n) is 6.29. The summed E-state index contributed by atoms with van der Waals surface area (Å²) in [5.41, 5.74) is 1.28. The Balaban J connectivity index is 2.07. The van der Waals surface area contributed by atoms with Crippen molar-refractivity contribution < 1.29 is 9.15 Å². The normalized spacial score (nSPS) is 10.7. The third-order valence-electron chi connectivity index (χ3n) is 2.77. The predicted molar refractivity (Wildman–Crippen MR) is 84.0 cm³/mol. The van der Waals surface area contributed by atoms with Crippen LogP contribution in [0.15, 0.2) is 33.4 Å². The maximum absolute atomic E-state index is 5.87. The average molecular weight is 382 g/mol. The quantitative estimate of drug-likeness (QED) is 0.628. The smallest absolute Gasteiger partial charge is 0.236 e.